The molecule has 0 saturated carbocycles. The average molecular weight is 419 g/mol. The van der Waals surface area contributed by atoms with Crippen molar-refractivity contribution < 1.29 is 9.59 Å². The summed E-state index contributed by atoms with van der Waals surface area (Å²) in [5, 5.41) is 5.66. The highest BCUT2D eigenvalue weighted by Crippen LogP contribution is 2.26. The lowest BCUT2D eigenvalue weighted by molar-refractivity contribution is -0.116. The molecule has 3 aromatic rings. The van der Waals surface area contributed by atoms with Crippen LogP contribution in [0.5, 0.6) is 0 Å². The molecule has 0 bridgehead atoms. The van der Waals surface area contributed by atoms with E-state index in [9.17, 15) is 9.59 Å². The van der Waals surface area contributed by atoms with E-state index in [1.807, 2.05) is 87.5 Å². The van der Waals surface area contributed by atoms with E-state index in [0.717, 1.165) is 27.4 Å². The van der Waals surface area contributed by atoms with E-state index in [-0.39, 0.29) is 17.1 Å². The molecule has 0 fully saturated rings. The van der Waals surface area contributed by atoms with Gasteiger partial charge in [-0.25, -0.2) is 0 Å². The number of carbonyl (C=O) groups is 2. The van der Waals surface area contributed by atoms with E-state index in [4.69, 9.17) is 0 Å². The fraction of sp³-hybridized carbons (Fsp3) is 0.200. The highest BCUT2D eigenvalue weighted by molar-refractivity contribution is 8.00. The quantitative estimate of drug-likeness (QED) is 0.491. The van der Waals surface area contributed by atoms with Gasteiger partial charge in [-0.2, -0.15) is 0 Å². The molecule has 0 heterocycles. The number of thioether (sulfide) groups is 1. The van der Waals surface area contributed by atoms with Crippen LogP contribution >= 0.6 is 11.8 Å². The number of anilines is 2. The smallest absolute Gasteiger partial charge is 0.237 e. The summed E-state index contributed by atoms with van der Waals surface area (Å²) in [6.07, 6.45) is 0.340. The summed E-state index contributed by atoms with van der Waals surface area (Å²) in [4.78, 5) is 25.7. The fourth-order valence-electron chi connectivity index (χ4n) is 3.05. The molecule has 5 heteroatoms. The Morgan fingerprint density at radius 3 is 2.27 bits per heavy atom. The van der Waals surface area contributed by atoms with Crippen molar-refractivity contribution in [2.24, 2.45) is 0 Å². The minimum atomic E-state index is -0.246. The molecule has 3 aromatic carbocycles. The molecule has 154 valence electrons. The second kappa shape index (κ2) is 10.1. The Bertz CT molecular complexity index is 1020. The SMILES string of the molecule is Cc1ccc(NC(=O)C(C)Sc2ccc(NC(=O)Cc3ccccc3)cc2)c(C)c1. The zero-order chi connectivity index (χ0) is 21.5. The highest BCUT2D eigenvalue weighted by Gasteiger charge is 2.15. The minimum Gasteiger partial charge on any atom is -0.326 e. The van der Waals surface area contributed by atoms with Crippen LogP contribution in [0.3, 0.4) is 0 Å². The van der Waals surface area contributed by atoms with Gasteiger partial charge in [-0.05, 0) is 62.2 Å². The maximum atomic E-state index is 12.6. The van der Waals surface area contributed by atoms with Crippen molar-refractivity contribution in [2.45, 2.75) is 37.3 Å². The topological polar surface area (TPSA) is 58.2 Å². The maximum absolute atomic E-state index is 12.6. The summed E-state index contributed by atoms with van der Waals surface area (Å²) in [5.41, 5.74) is 4.79. The van der Waals surface area contributed by atoms with Crippen LogP contribution in [0, 0.1) is 13.8 Å². The molecular weight excluding hydrogens is 392 g/mol. The minimum absolute atomic E-state index is 0.0350. The molecule has 0 aliphatic heterocycles. The first kappa shape index (κ1) is 21.7. The Labute approximate surface area is 182 Å². The third-order valence-electron chi connectivity index (χ3n) is 4.67. The van der Waals surface area contributed by atoms with E-state index in [2.05, 4.69) is 16.7 Å². The van der Waals surface area contributed by atoms with E-state index in [0.29, 0.717) is 6.42 Å². The third-order valence-corrected chi connectivity index (χ3v) is 5.78. The maximum Gasteiger partial charge on any atom is 0.237 e. The Hall–Kier alpha value is -3.05. The zero-order valence-electron chi connectivity index (χ0n) is 17.4. The van der Waals surface area contributed by atoms with Crippen LogP contribution in [-0.2, 0) is 16.0 Å². The van der Waals surface area contributed by atoms with Crippen LogP contribution < -0.4 is 10.6 Å². The summed E-state index contributed by atoms with van der Waals surface area (Å²) in [5.74, 6) is -0.0880. The number of benzene rings is 3. The van der Waals surface area contributed by atoms with Crippen molar-refractivity contribution in [3.8, 4) is 0 Å². The number of carbonyl (C=O) groups excluding carboxylic acids is 2. The Morgan fingerprint density at radius 1 is 0.900 bits per heavy atom. The number of hydrogen-bond acceptors (Lipinski definition) is 3. The van der Waals surface area contributed by atoms with Crippen molar-refractivity contribution in [3.63, 3.8) is 0 Å². The Morgan fingerprint density at radius 2 is 1.60 bits per heavy atom. The Balaban J connectivity index is 1.53. The predicted octanol–water partition coefficient (Wildman–Crippen LogP) is 5.60. The second-order valence-electron chi connectivity index (χ2n) is 7.30. The van der Waals surface area contributed by atoms with Crippen LogP contribution in [0.2, 0.25) is 0 Å². The molecule has 0 aliphatic rings. The van der Waals surface area contributed by atoms with Crippen LogP contribution in [0.1, 0.15) is 23.6 Å². The first-order valence-electron chi connectivity index (χ1n) is 9.89. The first-order chi connectivity index (χ1) is 14.4. The van der Waals surface area contributed by atoms with E-state index >= 15 is 0 Å². The number of aryl methyl sites for hydroxylation is 2. The normalized spacial score (nSPS) is 11.6. The fourth-order valence-corrected chi connectivity index (χ4v) is 3.92. The van der Waals surface area contributed by atoms with Gasteiger partial charge in [-0.3, -0.25) is 9.59 Å². The summed E-state index contributed by atoms with van der Waals surface area (Å²) in [6.45, 7) is 5.91. The van der Waals surface area contributed by atoms with Crippen molar-refractivity contribution in [1.82, 2.24) is 0 Å². The number of hydrogen-bond donors (Lipinski definition) is 2. The molecule has 4 nitrogen and oxygen atoms in total. The van der Waals surface area contributed by atoms with E-state index < -0.39 is 0 Å². The van der Waals surface area contributed by atoms with Crippen LogP contribution in [-0.4, -0.2) is 17.1 Å². The van der Waals surface area contributed by atoms with Gasteiger partial charge in [0.2, 0.25) is 11.8 Å². The lowest BCUT2D eigenvalue weighted by Crippen LogP contribution is -2.22. The number of amides is 2. The molecule has 1 atom stereocenters. The van der Waals surface area contributed by atoms with Gasteiger partial charge in [-0.15, -0.1) is 11.8 Å². The van der Waals surface area contributed by atoms with Gasteiger partial charge in [0, 0.05) is 16.3 Å². The van der Waals surface area contributed by atoms with Gasteiger partial charge < -0.3 is 10.6 Å². The molecule has 0 spiro atoms. The van der Waals surface area contributed by atoms with Crippen molar-refractivity contribution >= 4 is 35.0 Å². The average Bonchev–Trinajstić information content (AvgIpc) is 2.72. The van der Waals surface area contributed by atoms with Gasteiger partial charge in [-0.1, -0.05) is 48.0 Å². The predicted molar refractivity (Wildman–Crippen MR) is 125 cm³/mol. The van der Waals surface area contributed by atoms with Gasteiger partial charge in [0.25, 0.3) is 0 Å². The van der Waals surface area contributed by atoms with Gasteiger partial charge >= 0.3 is 0 Å². The lowest BCUT2D eigenvalue weighted by Gasteiger charge is -2.14. The van der Waals surface area contributed by atoms with E-state index in [1.54, 1.807) is 0 Å². The number of rotatable bonds is 7. The third kappa shape index (κ3) is 6.22. The summed E-state index contributed by atoms with van der Waals surface area (Å²) < 4.78 is 0. The molecule has 0 saturated heterocycles. The largest absolute Gasteiger partial charge is 0.326 e. The second-order valence-corrected chi connectivity index (χ2v) is 8.72. The molecule has 3 rings (SSSR count). The van der Waals surface area contributed by atoms with Crippen molar-refractivity contribution in [3.05, 3.63) is 89.5 Å². The zero-order valence-corrected chi connectivity index (χ0v) is 18.3. The molecule has 2 amide bonds. The summed E-state index contributed by atoms with van der Waals surface area (Å²) >= 11 is 1.49. The molecule has 2 N–H and O–H groups in total. The van der Waals surface area contributed by atoms with Crippen molar-refractivity contribution in [2.75, 3.05) is 10.6 Å². The first-order valence-corrected chi connectivity index (χ1v) is 10.8. The van der Waals surface area contributed by atoms with Crippen molar-refractivity contribution in [1.29, 1.82) is 0 Å². The van der Waals surface area contributed by atoms with Gasteiger partial charge in [0.05, 0.1) is 11.7 Å². The monoisotopic (exact) mass is 418 g/mol. The van der Waals surface area contributed by atoms with Gasteiger partial charge in [0.15, 0.2) is 0 Å². The van der Waals surface area contributed by atoms with E-state index in [1.165, 1.54) is 17.3 Å². The standard InChI is InChI=1S/C25H26N2O2S/c1-17-9-14-23(18(2)15-17)27-25(29)19(3)30-22-12-10-21(11-13-22)26-24(28)16-20-7-5-4-6-8-20/h4-15,19H,16H2,1-3H3,(H,26,28)(H,27,29). The van der Waals surface area contributed by atoms with Crippen LogP contribution in [0.25, 0.3) is 0 Å². The van der Waals surface area contributed by atoms with Crippen LogP contribution in [0.4, 0.5) is 11.4 Å². The number of nitrogens with one attached hydrogen (secondary N) is 2. The molecule has 1 unspecified atom stereocenters. The molecule has 0 radical (unpaired) electrons. The molecule has 30 heavy (non-hydrogen) atoms. The Kier molecular flexibility index (Phi) is 7.31. The highest BCUT2D eigenvalue weighted by atomic mass is 32.2. The summed E-state index contributed by atoms with van der Waals surface area (Å²) in [7, 11) is 0. The molecule has 0 aromatic heterocycles. The molecular formula is C25H26N2O2S. The van der Waals surface area contributed by atoms with Crippen LogP contribution in [0.15, 0.2) is 77.7 Å². The molecule has 0 aliphatic carbocycles. The van der Waals surface area contributed by atoms with Gasteiger partial charge in [0.1, 0.15) is 0 Å². The lowest BCUT2D eigenvalue weighted by atomic mass is 10.1. The summed E-state index contributed by atoms with van der Waals surface area (Å²) in [6, 6.07) is 23.2.